The topological polar surface area (TPSA) is 96.5 Å². The minimum atomic E-state index is -3.09. The standard InChI is InChI=1S/C22H28N2O5S/c1-3-24(16-8-9-30(27,28)13-16)21(25)12-29-22(26)15-5-7-20-18(11-15)17-10-14(2)4-6-19(17)23-20/h5,7,11,14,16,23H,3-4,6,8-10,12-13H2,1-2H3/t14-,16-/m1/s1. The van der Waals surface area contributed by atoms with Gasteiger partial charge in [-0.3, -0.25) is 4.79 Å². The highest BCUT2D eigenvalue weighted by atomic mass is 32.2. The zero-order valence-corrected chi connectivity index (χ0v) is 18.3. The van der Waals surface area contributed by atoms with Crippen molar-refractivity contribution in [2.75, 3.05) is 24.7 Å². The first kappa shape index (κ1) is 20.9. The molecule has 1 N–H and O–H groups in total. The van der Waals surface area contributed by atoms with Crippen LogP contribution in [-0.2, 0) is 32.2 Å². The number of amides is 1. The van der Waals surface area contributed by atoms with Crippen LogP contribution >= 0.6 is 0 Å². The minimum absolute atomic E-state index is 0.0196. The minimum Gasteiger partial charge on any atom is -0.452 e. The first-order valence-electron chi connectivity index (χ1n) is 10.6. The second kappa shape index (κ2) is 8.06. The summed E-state index contributed by atoms with van der Waals surface area (Å²) in [5.41, 5.74) is 3.95. The molecule has 4 rings (SSSR count). The normalized spacial score (nSPS) is 22.6. The number of ether oxygens (including phenoxy) is 1. The number of hydrogen-bond donors (Lipinski definition) is 1. The van der Waals surface area contributed by atoms with E-state index in [1.54, 1.807) is 13.0 Å². The fourth-order valence-corrected chi connectivity index (χ4v) is 6.40. The molecular formula is C22H28N2O5S. The molecule has 1 aliphatic carbocycles. The van der Waals surface area contributed by atoms with E-state index in [4.69, 9.17) is 4.74 Å². The van der Waals surface area contributed by atoms with Gasteiger partial charge in [0.15, 0.2) is 16.4 Å². The van der Waals surface area contributed by atoms with Crippen LogP contribution in [0.1, 0.15) is 48.3 Å². The maximum atomic E-state index is 12.6. The molecule has 0 spiro atoms. The van der Waals surface area contributed by atoms with Gasteiger partial charge in [0.25, 0.3) is 5.91 Å². The number of fused-ring (bicyclic) bond motifs is 3. The predicted molar refractivity (Wildman–Crippen MR) is 114 cm³/mol. The Morgan fingerprint density at radius 3 is 2.77 bits per heavy atom. The average molecular weight is 433 g/mol. The van der Waals surface area contributed by atoms with Crippen molar-refractivity contribution in [3.05, 3.63) is 35.0 Å². The molecule has 2 atom stereocenters. The molecule has 0 unspecified atom stereocenters. The van der Waals surface area contributed by atoms with E-state index in [0.29, 0.717) is 24.4 Å². The summed E-state index contributed by atoms with van der Waals surface area (Å²) in [6.45, 7) is 4.04. The lowest BCUT2D eigenvalue weighted by atomic mass is 9.87. The summed E-state index contributed by atoms with van der Waals surface area (Å²) >= 11 is 0. The molecule has 1 aromatic heterocycles. The molecule has 1 fully saturated rings. The second-order valence-electron chi connectivity index (χ2n) is 8.50. The predicted octanol–water partition coefficient (Wildman–Crippen LogP) is 2.49. The summed E-state index contributed by atoms with van der Waals surface area (Å²) in [5.74, 6) is -0.208. The number of carbonyl (C=O) groups excluding carboxylic acids is 2. The number of rotatable bonds is 5. The molecule has 2 heterocycles. The first-order valence-corrected chi connectivity index (χ1v) is 12.4. The molecule has 2 aliphatic rings. The first-order chi connectivity index (χ1) is 14.3. The number of nitrogens with one attached hydrogen (secondary N) is 1. The van der Waals surface area contributed by atoms with Crippen LogP contribution in [0.4, 0.5) is 0 Å². The Balaban J connectivity index is 1.44. The molecule has 30 heavy (non-hydrogen) atoms. The number of nitrogens with zero attached hydrogens (tertiary/aromatic N) is 1. The van der Waals surface area contributed by atoms with Gasteiger partial charge in [-0.15, -0.1) is 0 Å². The summed E-state index contributed by atoms with van der Waals surface area (Å²) in [7, 11) is -3.09. The highest BCUT2D eigenvalue weighted by Crippen LogP contribution is 2.32. The lowest BCUT2D eigenvalue weighted by molar-refractivity contribution is -0.136. The Kier molecular flexibility index (Phi) is 5.61. The maximum Gasteiger partial charge on any atom is 0.338 e. The molecule has 1 amide bonds. The smallest absolute Gasteiger partial charge is 0.338 e. The van der Waals surface area contributed by atoms with E-state index in [-0.39, 0.29) is 30.1 Å². The van der Waals surface area contributed by atoms with Gasteiger partial charge in [-0.2, -0.15) is 0 Å². The third kappa shape index (κ3) is 4.10. The van der Waals surface area contributed by atoms with Gasteiger partial charge in [0, 0.05) is 29.2 Å². The Morgan fingerprint density at radius 2 is 2.07 bits per heavy atom. The van der Waals surface area contributed by atoms with Gasteiger partial charge in [0.2, 0.25) is 0 Å². The van der Waals surface area contributed by atoms with Crippen molar-refractivity contribution >= 4 is 32.6 Å². The van der Waals surface area contributed by atoms with Crippen molar-refractivity contribution in [2.24, 2.45) is 5.92 Å². The zero-order chi connectivity index (χ0) is 21.5. The largest absolute Gasteiger partial charge is 0.452 e. The van der Waals surface area contributed by atoms with E-state index in [1.807, 2.05) is 12.1 Å². The van der Waals surface area contributed by atoms with Crippen LogP contribution in [0.25, 0.3) is 10.9 Å². The van der Waals surface area contributed by atoms with Crippen molar-refractivity contribution in [1.82, 2.24) is 9.88 Å². The van der Waals surface area contributed by atoms with Crippen LogP contribution < -0.4 is 0 Å². The van der Waals surface area contributed by atoms with Crippen molar-refractivity contribution in [3.63, 3.8) is 0 Å². The highest BCUT2D eigenvalue weighted by molar-refractivity contribution is 7.91. The number of H-pyrrole nitrogens is 1. The Labute approximate surface area is 176 Å². The van der Waals surface area contributed by atoms with Gasteiger partial charge >= 0.3 is 5.97 Å². The van der Waals surface area contributed by atoms with Crippen LogP contribution in [0.3, 0.4) is 0 Å². The van der Waals surface area contributed by atoms with E-state index in [0.717, 1.165) is 30.2 Å². The maximum absolute atomic E-state index is 12.6. The number of likely N-dealkylation sites (N-methyl/N-ethyl adjacent to an activating group) is 1. The summed E-state index contributed by atoms with van der Waals surface area (Å²) in [6.07, 6.45) is 3.60. The molecule has 1 saturated heterocycles. The Morgan fingerprint density at radius 1 is 1.27 bits per heavy atom. The molecule has 2 aromatic rings. The molecule has 1 aromatic carbocycles. The van der Waals surface area contributed by atoms with E-state index in [9.17, 15) is 18.0 Å². The number of aromatic amines is 1. The fraction of sp³-hybridized carbons (Fsp3) is 0.545. The van der Waals surface area contributed by atoms with Gasteiger partial charge < -0.3 is 14.6 Å². The van der Waals surface area contributed by atoms with Crippen LogP contribution in [-0.4, -0.2) is 60.9 Å². The molecule has 8 heteroatoms. The monoisotopic (exact) mass is 432 g/mol. The third-order valence-corrected chi connectivity index (χ3v) is 8.06. The average Bonchev–Trinajstić information content (AvgIpc) is 3.25. The molecule has 0 bridgehead atoms. The van der Waals surface area contributed by atoms with Crippen LogP contribution in [0.5, 0.6) is 0 Å². The van der Waals surface area contributed by atoms with Crippen LogP contribution in [0.15, 0.2) is 18.2 Å². The second-order valence-corrected chi connectivity index (χ2v) is 10.7. The highest BCUT2D eigenvalue weighted by Gasteiger charge is 2.34. The van der Waals surface area contributed by atoms with Crippen LogP contribution in [0.2, 0.25) is 0 Å². The van der Waals surface area contributed by atoms with Crippen LogP contribution in [0, 0.1) is 5.92 Å². The molecule has 7 nitrogen and oxygen atoms in total. The SMILES string of the molecule is CCN(C(=O)COC(=O)c1ccc2[nH]c3c(c2c1)C[C@H](C)CC3)[C@@H]1CCS(=O)(=O)C1. The summed E-state index contributed by atoms with van der Waals surface area (Å²) < 4.78 is 28.7. The number of benzene rings is 1. The number of esters is 1. The number of aromatic nitrogens is 1. The number of aryl methyl sites for hydroxylation is 1. The van der Waals surface area contributed by atoms with Gasteiger partial charge in [-0.05, 0) is 62.3 Å². The van der Waals surface area contributed by atoms with E-state index in [1.165, 1.54) is 16.2 Å². The molecule has 1 aliphatic heterocycles. The lowest BCUT2D eigenvalue weighted by Crippen LogP contribution is -2.43. The van der Waals surface area contributed by atoms with Gasteiger partial charge in [-0.1, -0.05) is 6.92 Å². The number of carbonyl (C=O) groups is 2. The summed E-state index contributed by atoms with van der Waals surface area (Å²) in [5, 5.41) is 1.05. The van der Waals surface area contributed by atoms with E-state index >= 15 is 0 Å². The van der Waals surface area contributed by atoms with Gasteiger partial charge in [-0.25, -0.2) is 13.2 Å². The van der Waals surface area contributed by atoms with Gasteiger partial charge in [0.1, 0.15) is 0 Å². The molecule has 162 valence electrons. The molecule has 0 radical (unpaired) electrons. The lowest BCUT2D eigenvalue weighted by Gasteiger charge is -2.26. The van der Waals surface area contributed by atoms with Crippen molar-refractivity contribution < 1.29 is 22.7 Å². The molecule has 0 saturated carbocycles. The number of sulfone groups is 1. The van der Waals surface area contributed by atoms with Crippen molar-refractivity contribution in [3.8, 4) is 0 Å². The van der Waals surface area contributed by atoms with Crippen molar-refractivity contribution in [2.45, 2.75) is 45.6 Å². The quantitative estimate of drug-likeness (QED) is 0.732. The van der Waals surface area contributed by atoms with Gasteiger partial charge in [0.05, 0.1) is 17.1 Å². The van der Waals surface area contributed by atoms with E-state index in [2.05, 4.69) is 11.9 Å². The summed E-state index contributed by atoms with van der Waals surface area (Å²) in [6, 6.07) is 5.10. The number of hydrogen-bond acceptors (Lipinski definition) is 5. The Bertz CT molecular complexity index is 1090. The zero-order valence-electron chi connectivity index (χ0n) is 17.4. The van der Waals surface area contributed by atoms with E-state index < -0.39 is 15.8 Å². The van der Waals surface area contributed by atoms with Crippen molar-refractivity contribution in [1.29, 1.82) is 0 Å². The summed E-state index contributed by atoms with van der Waals surface area (Å²) in [4.78, 5) is 30.1. The fourth-order valence-electron chi connectivity index (χ4n) is 4.67. The molecular weight excluding hydrogens is 404 g/mol. The Hall–Kier alpha value is -2.35. The third-order valence-electron chi connectivity index (χ3n) is 6.31.